The van der Waals surface area contributed by atoms with Crippen molar-refractivity contribution in [3.8, 4) is 0 Å². The van der Waals surface area contributed by atoms with Gasteiger partial charge < -0.3 is 4.90 Å². The van der Waals surface area contributed by atoms with Gasteiger partial charge in [-0.05, 0) is 56.4 Å². The smallest absolute Gasteiger partial charge is 0.258 e. The van der Waals surface area contributed by atoms with E-state index in [9.17, 15) is 13.2 Å². The summed E-state index contributed by atoms with van der Waals surface area (Å²) in [5.41, 5.74) is 1.27. The van der Waals surface area contributed by atoms with E-state index in [0.717, 1.165) is 22.8 Å². The van der Waals surface area contributed by atoms with Gasteiger partial charge in [0.2, 0.25) is 10.0 Å². The predicted octanol–water partition coefficient (Wildman–Crippen LogP) is 3.86. The van der Waals surface area contributed by atoms with Crippen LogP contribution in [-0.4, -0.2) is 44.0 Å². The molecule has 3 rings (SSSR count). The fraction of sp³-hybridized carbons (Fsp3) is 0.350. The van der Waals surface area contributed by atoms with E-state index in [2.05, 4.69) is 0 Å². The van der Waals surface area contributed by atoms with Gasteiger partial charge in [-0.1, -0.05) is 18.2 Å². The quantitative estimate of drug-likeness (QED) is 0.776. The number of para-hydroxylation sites is 1. The summed E-state index contributed by atoms with van der Waals surface area (Å²) in [7, 11) is -2.08. The molecule has 2 aromatic rings. The number of sulfonamides is 1. The van der Waals surface area contributed by atoms with Crippen molar-refractivity contribution >= 4 is 33.4 Å². The summed E-state index contributed by atoms with van der Waals surface area (Å²) in [6.07, 6.45) is 0.888. The number of carbonyl (C=O) groups is 1. The van der Waals surface area contributed by atoms with Gasteiger partial charge in [0.15, 0.2) is 0 Å². The van der Waals surface area contributed by atoms with E-state index >= 15 is 0 Å². The maximum Gasteiger partial charge on any atom is 0.258 e. The number of amides is 1. The molecule has 0 saturated carbocycles. The molecule has 27 heavy (non-hydrogen) atoms. The third-order valence-corrected chi connectivity index (χ3v) is 7.85. The molecule has 144 valence electrons. The number of hydrogen-bond acceptors (Lipinski definition) is 4. The van der Waals surface area contributed by atoms with Gasteiger partial charge in [-0.2, -0.15) is 4.31 Å². The first-order valence-electron chi connectivity index (χ1n) is 8.94. The van der Waals surface area contributed by atoms with Crippen LogP contribution in [0.4, 0.5) is 5.69 Å². The van der Waals surface area contributed by atoms with Crippen molar-refractivity contribution in [1.29, 1.82) is 0 Å². The summed E-state index contributed by atoms with van der Waals surface area (Å²) in [5, 5.41) is 0. The first-order chi connectivity index (χ1) is 12.8. The first-order valence-corrected chi connectivity index (χ1v) is 11.4. The SMILES string of the molecule is CC(C)N(C)S(=O)(=O)c1cccc(C(=O)N2CCCSc3ccccc32)c1. The molecule has 5 nitrogen and oxygen atoms in total. The molecule has 0 spiro atoms. The number of rotatable bonds is 4. The van der Waals surface area contributed by atoms with Gasteiger partial charge in [0, 0.05) is 30.1 Å². The first kappa shape index (κ1) is 19.9. The Hall–Kier alpha value is -1.83. The second-order valence-electron chi connectivity index (χ2n) is 6.77. The van der Waals surface area contributed by atoms with Crippen molar-refractivity contribution in [3.63, 3.8) is 0 Å². The molecule has 7 heteroatoms. The van der Waals surface area contributed by atoms with E-state index in [1.165, 1.54) is 16.4 Å². The molecular weight excluding hydrogens is 380 g/mol. The highest BCUT2D eigenvalue weighted by molar-refractivity contribution is 7.99. The van der Waals surface area contributed by atoms with Crippen LogP contribution in [0.15, 0.2) is 58.3 Å². The molecular formula is C20H24N2O3S2. The summed E-state index contributed by atoms with van der Waals surface area (Å²) in [6, 6.07) is 14.0. The summed E-state index contributed by atoms with van der Waals surface area (Å²) >= 11 is 1.74. The minimum Gasteiger partial charge on any atom is -0.307 e. The number of benzene rings is 2. The summed E-state index contributed by atoms with van der Waals surface area (Å²) in [4.78, 5) is 16.2. The molecule has 0 bridgehead atoms. The molecule has 0 aromatic heterocycles. The van der Waals surface area contributed by atoms with Crippen LogP contribution in [0.3, 0.4) is 0 Å². The van der Waals surface area contributed by atoms with Crippen LogP contribution >= 0.6 is 11.8 Å². The molecule has 0 radical (unpaired) electrons. The lowest BCUT2D eigenvalue weighted by Crippen LogP contribution is -2.34. The van der Waals surface area contributed by atoms with E-state index in [-0.39, 0.29) is 16.8 Å². The van der Waals surface area contributed by atoms with Crippen LogP contribution in [0.1, 0.15) is 30.6 Å². The van der Waals surface area contributed by atoms with E-state index in [4.69, 9.17) is 0 Å². The summed E-state index contributed by atoms with van der Waals surface area (Å²) in [6.45, 7) is 4.25. The zero-order chi connectivity index (χ0) is 19.6. The average molecular weight is 405 g/mol. The van der Waals surface area contributed by atoms with Crippen LogP contribution in [0.5, 0.6) is 0 Å². The van der Waals surface area contributed by atoms with Gasteiger partial charge in [0.25, 0.3) is 5.91 Å². The Labute approximate surface area is 165 Å². The van der Waals surface area contributed by atoms with Crippen molar-refractivity contribution in [1.82, 2.24) is 4.31 Å². The van der Waals surface area contributed by atoms with Gasteiger partial charge in [0.05, 0.1) is 10.6 Å². The van der Waals surface area contributed by atoms with E-state index in [1.54, 1.807) is 35.8 Å². The molecule has 1 aliphatic heterocycles. The number of nitrogens with zero attached hydrogens (tertiary/aromatic N) is 2. The molecule has 0 N–H and O–H groups in total. The van der Waals surface area contributed by atoms with Gasteiger partial charge in [-0.3, -0.25) is 4.79 Å². The molecule has 1 amide bonds. The molecule has 0 atom stereocenters. The van der Waals surface area contributed by atoms with E-state index in [0.29, 0.717) is 12.1 Å². The fourth-order valence-corrected chi connectivity index (χ4v) is 5.34. The zero-order valence-corrected chi connectivity index (χ0v) is 17.4. The highest BCUT2D eigenvalue weighted by Gasteiger charge is 2.26. The maximum atomic E-state index is 13.2. The highest BCUT2D eigenvalue weighted by Crippen LogP contribution is 2.34. The lowest BCUT2D eigenvalue weighted by Gasteiger charge is -2.24. The van der Waals surface area contributed by atoms with Crippen LogP contribution in [0.25, 0.3) is 0 Å². The van der Waals surface area contributed by atoms with Crippen LogP contribution in [0, 0.1) is 0 Å². The Kier molecular flexibility index (Phi) is 5.93. The molecule has 0 aliphatic carbocycles. The molecule has 0 unspecified atom stereocenters. The predicted molar refractivity (Wildman–Crippen MR) is 110 cm³/mol. The number of fused-ring (bicyclic) bond motifs is 1. The summed E-state index contributed by atoms with van der Waals surface area (Å²) in [5.74, 6) is 0.781. The van der Waals surface area contributed by atoms with Gasteiger partial charge in [0.1, 0.15) is 0 Å². The molecule has 0 fully saturated rings. The average Bonchev–Trinajstić information content (AvgIpc) is 2.89. The van der Waals surface area contributed by atoms with Crippen molar-refractivity contribution < 1.29 is 13.2 Å². The second-order valence-corrected chi connectivity index (χ2v) is 9.90. The Morgan fingerprint density at radius 2 is 1.89 bits per heavy atom. The van der Waals surface area contributed by atoms with Crippen molar-refractivity contribution in [2.45, 2.75) is 36.1 Å². The van der Waals surface area contributed by atoms with Crippen molar-refractivity contribution in [3.05, 3.63) is 54.1 Å². The Morgan fingerprint density at radius 1 is 1.15 bits per heavy atom. The Morgan fingerprint density at radius 3 is 2.63 bits per heavy atom. The topological polar surface area (TPSA) is 57.7 Å². The van der Waals surface area contributed by atoms with E-state index in [1.807, 2.05) is 38.1 Å². The lowest BCUT2D eigenvalue weighted by molar-refractivity contribution is 0.0986. The van der Waals surface area contributed by atoms with Crippen molar-refractivity contribution in [2.75, 3.05) is 24.2 Å². The molecule has 0 saturated heterocycles. The van der Waals surface area contributed by atoms with Gasteiger partial charge >= 0.3 is 0 Å². The van der Waals surface area contributed by atoms with Crippen LogP contribution < -0.4 is 4.90 Å². The minimum absolute atomic E-state index is 0.141. The highest BCUT2D eigenvalue weighted by atomic mass is 32.2. The monoisotopic (exact) mass is 404 g/mol. The number of hydrogen-bond donors (Lipinski definition) is 0. The third-order valence-electron chi connectivity index (χ3n) is 4.67. The number of anilines is 1. The maximum absolute atomic E-state index is 13.2. The largest absolute Gasteiger partial charge is 0.307 e. The van der Waals surface area contributed by atoms with Gasteiger partial charge in [-0.25, -0.2) is 8.42 Å². The van der Waals surface area contributed by atoms with Crippen LogP contribution in [-0.2, 0) is 10.0 Å². The lowest BCUT2D eigenvalue weighted by atomic mass is 10.1. The normalized spacial score (nSPS) is 14.9. The Bertz CT molecular complexity index is 942. The van der Waals surface area contributed by atoms with Gasteiger partial charge in [-0.15, -0.1) is 11.8 Å². The van der Waals surface area contributed by atoms with Crippen LogP contribution in [0.2, 0.25) is 0 Å². The minimum atomic E-state index is -3.63. The zero-order valence-electron chi connectivity index (χ0n) is 15.8. The second kappa shape index (κ2) is 8.04. The third kappa shape index (κ3) is 4.05. The van der Waals surface area contributed by atoms with E-state index < -0.39 is 10.0 Å². The van der Waals surface area contributed by atoms with Crippen molar-refractivity contribution in [2.24, 2.45) is 0 Å². The molecule has 1 aliphatic rings. The Balaban J connectivity index is 1.97. The fourth-order valence-electron chi connectivity index (χ4n) is 2.93. The molecule has 2 aromatic carbocycles. The number of thioether (sulfide) groups is 1. The number of carbonyl (C=O) groups excluding carboxylic acids is 1. The standard InChI is InChI=1S/C20H24N2O3S2/c1-15(2)21(3)27(24,25)17-9-6-8-16(14-17)20(23)22-12-7-13-26-19-11-5-4-10-18(19)22/h4-6,8-11,14-15H,7,12-13H2,1-3H3. The molecule has 1 heterocycles. The summed E-state index contributed by atoms with van der Waals surface area (Å²) < 4.78 is 26.9.